The standard InChI is InChI=1S/C13H11N3S2/c14-12(9-4-2-1-3-5-9)13-16-11(7-18-13)10-6-17-8-15-10/h1-8,12H,14H2. The van der Waals surface area contributed by atoms with Crippen LogP contribution in [0.4, 0.5) is 0 Å². The zero-order valence-corrected chi connectivity index (χ0v) is 11.1. The van der Waals surface area contributed by atoms with Crippen LogP contribution in [0.25, 0.3) is 11.4 Å². The normalized spacial score (nSPS) is 12.5. The highest BCUT2D eigenvalue weighted by Gasteiger charge is 2.14. The SMILES string of the molecule is NC(c1ccccc1)c1nc(-c2cscn2)cs1. The molecule has 2 heterocycles. The van der Waals surface area contributed by atoms with Crippen molar-refractivity contribution in [3.05, 3.63) is 57.2 Å². The van der Waals surface area contributed by atoms with Crippen molar-refractivity contribution < 1.29 is 0 Å². The molecule has 0 aliphatic carbocycles. The lowest BCUT2D eigenvalue weighted by molar-refractivity contribution is 0.858. The molecule has 0 saturated carbocycles. The molecule has 0 amide bonds. The van der Waals surface area contributed by atoms with E-state index >= 15 is 0 Å². The van der Waals surface area contributed by atoms with Crippen molar-refractivity contribution in [2.45, 2.75) is 6.04 Å². The molecule has 1 unspecified atom stereocenters. The monoisotopic (exact) mass is 273 g/mol. The van der Waals surface area contributed by atoms with E-state index in [1.807, 2.05) is 46.6 Å². The average molecular weight is 273 g/mol. The van der Waals surface area contributed by atoms with Gasteiger partial charge in [-0.25, -0.2) is 9.97 Å². The van der Waals surface area contributed by atoms with E-state index in [9.17, 15) is 0 Å². The first kappa shape index (κ1) is 11.5. The summed E-state index contributed by atoms with van der Waals surface area (Å²) in [5.41, 5.74) is 10.9. The molecular weight excluding hydrogens is 262 g/mol. The van der Waals surface area contributed by atoms with Crippen LogP contribution in [-0.4, -0.2) is 9.97 Å². The number of thiazole rings is 2. The molecular formula is C13H11N3S2. The van der Waals surface area contributed by atoms with Crippen molar-refractivity contribution in [1.82, 2.24) is 9.97 Å². The zero-order valence-electron chi connectivity index (χ0n) is 9.48. The van der Waals surface area contributed by atoms with Crippen molar-refractivity contribution in [2.75, 3.05) is 0 Å². The molecule has 1 aromatic carbocycles. The fraction of sp³-hybridized carbons (Fsp3) is 0.0769. The first-order valence-corrected chi connectivity index (χ1v) is 7.31. The average Bonchev–Trinajstić information content (AvgIpc) is 3.09. The first-order valence-electron chi connectivity index (χ1n) is 5.49. The molecule has 0 spiro atoms. The van der Waals surface area contributed by atoms with Gasteiger partial charge in [0.25, 0.3) is 0 Å². The van der Waals surface area contributed by atoms with Gasteiger partial charge in [-0.3, -0.25) is 0 Å². The molecule has 3 nitrogen and oxygen atoms in total. The minimum absolute atomic E-state index is 0.163. The largest absolute Gasteiger partial charge is 0.318 e. The topological polar surface area (TPSA) is 51.8 Å². The van der Waals surface area contributed by atoms with Gasteiger partial charge >= 0.3 is 0 Å². The van der Waals surface area contributed by atoms with Crippen molar-refractivity contribution in [3.63, 3.8) is 0 Å². The lowest BCUT2D eigenvalue weighted by Gasteiger charge is -2.07. The van der Waals surface area contributed by atoms with E-state index in [2.05, 4.69) is 9.97 Å². The maximum atomic E-state index is 6.21. The lowest BCUT2D eigenvalue weighted by Crippen LogP contribution is -2.11. The molecule has 3 aromatic rings. The van der Waals surface area contributed by atoms with E-state index in [-0.39, 0.29) is 6.04 Å². The summed E-state index contributed by atoms with van der Waals surface area (Å²) in [4.78, 5) is 8.82. The first-order chi connectivity index (χ1) is 8.84. The number of hydrogen-bond donors (Lipinski definition) is 1. The van der Waals surface area contributed by atoms with Crippen LogP contribution in [0, 0.1) is 0 Å². The summed E-state index contributed by atoms with van der Waals surface area (Å²) in [6.45, 7) is 0. The van der Waals surface area contributed by atoms with Gasteiger partial charge in [0, 0.05) is 10.8 Å². The van der Waals surface area contributed by atoms with Gasteiger partial charge in [0.2, 0.25) is 0 Å². The van der Waals surface area contributed by atoms with Crippen LogP contribution in [0.3, 0.4) is 0 Å². The molecule has 1 atom stereocenters. The predicted octanol–water partition coefficient (Wildman–Crippen LogP) is 3.31. The quantitative estimate of drug-likeness (QED) is 0.796. The summed E-state index contributed by atoms with van der Waals surface area (Å²) in [5.74, 6) is 0. The fourth-order valence-electron chi connectivity index (χ4n) is 1.69. The highest BCUT2D eigenvalue weighted by molar-refractivity contribution is 7.10. The van der Waals surface area contributed by atoms with Crippen molar-refractivity contribution in [2.24, 2.45) is 5.73 Å². The van der Waals surface area contributed by atoms with Crippen LogP contribution in [-0.2, 0) is 0 Å². The fourth-order valence-corrected chi connectivity index (χ4v) is 3.08. The number of hydrogen-bond acceptors (Lipinski definition) is 5. The van der Waals surface area contributed by atoms with Gasteiger partial charge in [-0.1, -0.05) is 30.3 Å². The minimum Gasteiger partial charge on any atom is -0.318 e. The summed E-state index contributed by atoms with van der Waals surface area (Å²) in [7, 11) is 0. The Hall–Kier alpha value is -1.56. The van der Waals surface area contributed by atoms with E-state index in [1.165, 1.54) is 0 Å². The van der Waals surface area contributed by atoms with Crippen LogP contribution in [0.5, 0.6) is 0 Å². The summed E-state index contributed by atoms with van der Waals surface area (Å²) in [6.07, 6.45) is 0. The smallest absolute Gasteiger partial charge is 0.115 e. The lowest BCUT2D eigenvalue weighted by atomic mass is 10.1. The molecule has 18 heavy (non-hydrogen) atoms. The molecule has 2 aromatic heterocycles. The van der Waals surface area contributed by atoms with Crippen LogP contribution in [0.15, 0.2) is 46.6 Å². The third kappa shape index (κ3) is 2.20. The van der Waals surface area contributed by atoms with Gasteiger partial charge in [0.1, 0.15) is 16.4 Å². The summed E-state index contributed by atoms with van der Waals surface area (Å²) in [5, 5.41) is 4.92. The third-order valence-corrected chi connectivity index (χ3v) is 4.16. The Kier molecular flexibility index (Phi) is 3.19. The highest BCUT2D eigenvalue weighted by Crippen LogP contribution is 2.27. The second kappa shape index (κ2) is 4.97. The van der Waals surface area contributed by atoms with E-state index < -0.39 is 0 Å². The molecule has 3 rings (SSSR count). The van der Waals surface area contributed by atoms with Crippen LogP contribution < -0.4 is 5.73 Å². The van der Waals surface area contributed by atoms with Crippen molar-refractivity contribution >= 4 is 22.7 Å². The number of benzene rings is 1. The van der Waals surface area contributed by atoms with Crippen LogP contribution in [0.1, 0.15) is 16.6 Å². The Balaban J connectivity index is 1.90. The van der Waals surface area contributed by atoms with Gasteiger partial charge in [0.15, 0.2) is 0 Å². The van der Waals surface area contributed by atoms with Gasteiger partial charge in [-0.05, 0) is 5.56 Å². The van der Waals surface area contributed by atoms with Crippen molar-refractivity contribution in [1.29, 1.82) is 0 Å². The summed E-state index contributed by atoms with van der Waals surface area (Å²) < 4.78 is 0. The Morgan fingerprint density at radius 1 is 1.06 bits per heavy atom. The molecule has 2 N–H and O–H groups in total. The van der Waals surface area contributed by atoms with E-state index in [1.54, 1.807) is 22.7 Å². The van der Waals surface area contributed by atoms with E-state index in [0.717, 1.165) is 22.0 Å². The Morgan fingerprint density at radius 3 is 2.61 bits per heavy atom. The number of nitrogens with zero attached hydrogens (tertiary/aromatic N) is 2. The van der Waals surface area contributed by atoms with Gasteiger partial charge in [0.05, 0.1) is 11.6 Å². The number of aromatic nitrogens is 2. The molecule has 5 heteroatoms. The van der Waals surface area contributed by atoms with Gasteiger partial charge in [-0.15, -0.1) is 22.7 Å². The number of nitrogens with two attached hydrogens (primary N) is 1. The van der Waals surface area contributed by atoms with Gasteiger partial charge < -0.3 is 5.73 Å². The zero-order chi connectivity index (χ0) is 12.4. The second-order valence-corrected chi connectivity index (χ2v) is 5.44. The van der Waals surface area contributed by atoms with Gasteiger partial charge in [-0.2, -0.15) is 0 Å². The minimum atomic E-state index is -0.163. The Morgan fingerprint density at radius 2 is 1.89 bits per heavy atom. The summed E-state index contributed by atoms with van der Waals surface area (Å²) >= 11 is 3.15. The Labute approximate surface area is 113 Å². The molecule has 0 saturated heterocycles. The molecule has 0 aliphatic rings. The highest BCUT2D eigenvalue weighted by atomic mass is 32.1. The Bertz CT molecular complexity index is 617. The molecule has 0 bridgehead atoms. The molecule has 0 fully saturated rings. The van der Waals surface area contributed by atoms with E-state index in [0.29, 0.717) is 0 Å². The predicted molar refractivity (Wildman–Crippen MR) is 75.7 cm³/mol. The number of rotatable bonds is 3. The van der Waals surface area contributed by atoms with Crippen LogP contribution in [0.2, 0.25) is 0 Å². The molecule has 0 radical (unpaired) electrons. The van der Waals surface area contributed by atoms with Crippen molar-refractivity contribution in [3.8, 4) is 11.4 Å². The maximum Gasteiger partial charge on any atom is 0.115 e. The third-order valence-electron chi connectivity index (χ3n) is 2.64. The summed E-state index contributed by atoms with van der Waals surface area (Å²) in [6, 6.07) is 9.85. The molecule has 0 aliphatic heterocycles. The second-order valence-electron chi connectivity index (χ2n) is 3.83. The van der Waals surface area contributed by atoms with Crippen LogP contribution >= 0.6 is 22.7 Å². The molecule has 90 valence electrons. The maximum absolute atomic E-state index is 6.21. The van der Waals surface area contributed by atoms with E-state index in [4.69, 9.17) is 5.73 Å².